The number of hydrogen-bond donors (Lipinski definition) is 1. The molecule has 2 aromatic heterocycles. The number of rotatable bonds is 13. The van der Waals surface area contributed by atoms with Crippen LogP contribution in [0.1, 0.15) is 46.0 Å². The standard InChI is InChI=1S/C35H33FN6O5S2/c1-4-47-25-15-13-24(14-16-25)41-31(20-37-34(44)22-8-5-9-23(36)18-22)38-39-35(41)49-21-32(43)42-28(19-27(40-42)30-12-7-17-48-30)26-10-6-11-29(45-2)33(26)46-3/h5-18,28H,4,19-21H2,1-3H3,(H,37,44)/t28-/m1/s1. The van der Waals surface area contributed by atoms with Crippen LogP contribution in [0.4, 0.5) is 4.39 Å². The molecule has 3 aromatic carbocycles. The molecule has 0 radical (unpaired) electrons. The molecule has 0 saturated carbocycles. The number of methoxy groups -OCH3 is 2. The average Bonchev–Trinajstić information content (AvgIpc) is 3.90. The number of nitrogens with zero attached hydrogens (tertiary/aromatic N) is 5. The van der Waals surface area contributed by atoms with E-state index < -0.39 is 17.8 Å². The number of nitrogens with one attached hydrogen (secondary N) is 1. The summed E-state index contributed by atoms with van der Waals surface area (Å²) in [6.07, 6.45) is 0.498. The number of benzene rings is 3. The Morgan fingerprint density at radius 2 is 1.84 bits per heavy atom. The third kappa shape index (κ3) is 7.44. The third-order valence-electron chi connectivity index (χ3n) is 7.69. The second kappa shape index (κ2) is 15.3. The Balaban J connectivity index is 1.27. The molecule has 1 atom stereocenters. The Bertz CT molecular complexity index is 1970. The van der Waals surface area contributed by atoms with E-state index in [-0.39, 0.29) is 23.8 Å². The minimum Gasteiger partial charge on any atom is -0.494 e. The normalized spacial score (nSPS) is 14.0. The average molecular weight is 701 g/mol. The molecule has 6 rings (SSSR count). The fraction of sp³-hybridized carbons (Fsp3) is 0.229. The molecule has 0 spiro atoms. The molecule has 1 aliphatic heterocycles. The van der Waals surface area contributed by atoms with Gasteiger partial charge in [-0.25, -0.2) is 9.40 Å². The zero-order valence-electron chi connectivity index (χ0n) is 27.0. The van der Waals surface area contributed by atoms with Crippen molar-refractivity contribution in [3.05, 3.63) is 112 Å². The molecular formula is C35H33FN6O5S2. The van der Waals surface area contributed by atoms with Gasteiger partial charge in [0, 0.05) is 23.2 Å². The maximum atomic E-state index is 14.0. The highest BCUT2D eigenvalue weighted by Crippen LogP contribution is 2.42. The number of hydrogen-bond acceptors (Lipinski definition) is 10. The number of hydrazone groups is 1. The number of thiophene rings is 1. The van der Waals surface area contributed by atoms with Gasteiger partial charge in [-0.3, -0.25) is 14.2 Å². The van der Waals surface area contributed by atoms with Crippen molar-refractivity contribution in [3.63, 3.8) is 0 Å². The van der Waals surface area contributed by atoms with E-state index in [9.17, 15) is 14.0 Å². The van der Waals surface area contributed by atoms with Gasteiger partial charge in [-0.05, 0) is 66.9 Å². The maximum absolute atomic E-state index is 14.0. The van der Waals surface area contributed by atoms with E-state index in [4.69, 9.17) is 19.3 Å². The Morgan fingerprint density at radius 1 is 1.02 bits per heavy atom. The summed E-state index contributed by atoms with van der Waals surface area (Å²) in [5, 5.41) is 20.3. The third-order valence-corrected chi connectivity index (χ3v) is 9.52. The molecule has 3 heterocycles. The second-order valence-electron chi connectivity index (χ2n) is 10.7. The summed E-state index contributed by atoms with van der Waals surface area (Å²) in [6.45, 7) is 2.42. The SMILES string of the molecule is CCOc1ccc(-n2c(CNC(=O)c3cccc(F)c3)nnc2SCC(=O)N2N=C(c3cccs3)C[C@@H]2c2cccc(OC)c2OC)cc1. The minimum absolute atomic E-state index is 0.00235. The van der Waals surface area contributed by atoms with Gasteiger partial charge in [-0.15, -0.1) is 21.5 Å². The second-order valence-corrected chi connectivity index (χ2v) is 12.6. The lowest BCUT2D eigenvalue weighted by atomic mass is 9.99. The summed E-state index contributed by atoms with van der Waals surface area (Å²) in [7, 11) is 3.15. The van der Waals surface area contributed by atoms with Crippen LogP contribution in [0.2, 0.25) is 0 Å². The van der Waals surface area contributed by atoms with Gasteiger partial charge in [0.15, 0.2) is 22.5 Å². The van der Waals surface area contributed by atoms with E-state index in [0.717, 1.165) is 16.2 Å². The largest absolute Gasteiger partial charge is 0.494 e. The molecule has 14 heteroatoms. The Kier molecular flexibility index (Phi) is 10.5. The lowest BCUT2D eigenvalue weighted by molar-refractivity contribution is -0.130. The van der Waals surface area contributed by atoms with Crippen molar-refractivity contribution in [2.24, 2.45) is 5.10 Å². The summed E-state index contributed by atoms with van der Waals surface area (Å²) >= 11 is 2.76. The molecular weight excluding hydrogens is 668 g/mol. The van der Waals surface area contributed by atoms with Crippen molar-refractivity contribution in [3.8, 4) is 22.9 Å². The number of thioether (sulfide) groups is 1. The van der Waals surface area contributed by atoms with Gasteiger partial charge in [-0.1, -0.05) is 36.0 Å². The first kappa shape index (κ1) is 33.7. The van der Waals surface area contributed by atoms with E-state index >= 15 is 0 Å². The van der Waals surface area contributed by atoms with E-state index in [0.29, 0.717) is 46.9 Å². The Morgan fingerprint density at radius 3 is 2.55 bits per heavy atom. The highest BCUT2D eigenvalue weighted by Gasteiger charge is 2.36. The van der Waals surface area contributed by atoms with Crippen LogP contribution in [0.25, 0.3) is 5.69 Å². The Labute approximate surface area is 290 Å². The first-order chi connectivity index (χ1) is 23.9. The quantitative estimate of drug-likeness (QED) is 0.143. The fourth-order valence-corrected chi connectivity index (χ4v) is 7.00. The number of aromatic nitrogens is 3. The van der Waals surface area contributed by atoms with E-state index in [1.807, 2.05) is 66.9 Å². The molecule has 2 amide bonds. The number of halogens is 1. The van der Waals surface area contributed by atoms with Gasteiger partial charge >= 0.3 is 0 Å². The zero-order chi connectivity index (χ0) is 34.3. The summed E-state index contributed by atoms with van der Waals surface area (Å²) in [6, 6.07) is 21.9. The predicted molar refractivity (Wildman–Crippen MR) is 185 cm³/mol. The molecule has 0 bridgehead atoms. The van der Waals surface area contributed by atoms with Crippen LogP contribution < -0.4 is 19.5 Å². The van der Waals surface area contributed by atoms with E-state index in [1.165, 1.54) is 41.0 Å². The van der Waals surface area contributed by atoms with E-state index in [2.05, 4.69) is 15.5 Å². The van der Waals surface area contributed by atoms with Crippen molar-refractivity contribution in [2.45, 2.75) is 31.1 Å². The monoisotopic (exact) mass is 700 g/mol. The molecule has 0 fully saturated rings. The van der Waals surface area contributed by atoms with Gasteiger partial charge < -0.3 is 19.5 Å². The predicted octanol–water partition coefficient (Wildman–Crippen LogP) is 6.28. The van der Waals surface area contributed by atoms with Crippen LogP contribution in [0.5, 0.6) is 17.2 Å². The summed E-state index contributed by atoms with van der Waals surface area (Å²) < 4.78 is 32.4. The van der Waals surface area contributed by atoms with Crippen molar-refractivity contribution in [2.75, 3.05) is 26.6 Å². The highest BCUT2D eigenvalue weighted by atomic mass is 32.2. The van der Waals surface area contributed by atoms with Gasteiger partial charge in [0.1, 0.15) is 11.6 Å². The van der Waals surface area contributed by atoms with Crippen molar-refractivity contribution >= 4 is 40.6 Å². The van der Waals surface area contributed by atoms with Gasteiger partial charge in [0.25, 0.3) is 11.8 Å². The molecule has 49 heavy (non-hydrogen) atoms. The molecule has 0 saturated heterocycles. The molecule has 0 aliphatic carbocycles. The number of amides is 2. The minimum atomic E-state index is -0.509. The van der Waals surface area contributed by atoms with Crippen LogP contribution in [-0.2, 0) is 11.3 Å². The number of para-hydroxylation sites is 1. The van der Waals surface area contributed by atoms with Gasteiger partial charge in [0.2, 0.25) is 0 Å². The molecule has 1 N–H and O–H groups in total. The Hall–Kier alpha value is -5.21. The first-order valence-electron chi connectivity index (χ1n) is 15.4. The van der Waals surface area contributed by atoms with Crippen LogP contribution in [0.3, 0.4) is 0 Å². The zero-order valence-corrected chi connectivity index (χ0v) is 28.6. The van der Waals surface area contributed by atoms with Gasteiger partial charge in [0.05, 0.1) is 49.8 Å². The number of carbonyl (C=O) groups is 2. The first-order valence-corrected chi connectivity index (χ1v) is 17.2. The molecule has 1 aliphatic rings. The molecule has 11 nitrogen and oxygen atoms in total. The highest BCUT2D eigenvalue weighted by molar-refractivity contribution is 7.99. The smallest absolute Gasteiger partial charge is 0.253 e. The van der Waals surface area contributed by atoms with Crippen molar-refractivity contribution in [1.82, 2.24) is 25.1 Å². The van der Waals surface area contributed by atoms with E-state index in [1.54, 1.807) is 30.1 Å². The molecule has 252 valence electrons. The topological polar surface area (TPSA) is 120 Å². The molecule has 5 aromatic rings. The fourth-order valence-electron chi connectivity index (χ4n) is 5.46. The lowest BCUT2D eigenvalue weighted by Gasteiger charge is -2.24. The van der Waals surface area contributed by atoms with Gasteiger partial charge in [-0.2, -0.15) is 5.10 Å². The number of carbonyl (C=O) groups excluding carboxylic acids is 2. The summed E-state index contributed by atoms with van der Waals surface area (Å²) in [4.78, 5) is 27.8. The molecule has 0 unspecified atom stereocenters. The lowest BCUT2D eigenvalue weighted by Crippen LogP contribution is -2.29. The maximum Gasteiger partial charge on any atom is 0.253 e. The van der Waals surface area contributed by atoms with Crippen LogP contribution in [0, 0.1) is 5.82 Å². The van der Waals surface area contributed by atoms with Crippen LogP contribution in [-0.4, -0.2) is 63.9 Å². The van der Waals surface area contributed by atoms with Crippen molar-refractivity contribution in [1.29, 1.82) is 0 Å². The van der Waals surface area contributed by atoms with Crippen molar-refractivity contribution < 1.29 is 28.2 Å². The summed E-state index contributed by atoms with van der Waals surface area (Å²) in [5.74, 6) is 1.00. The van der Waals surface area contributed by atoms with Crippen LogP contribution >= 0.6 is 23.1 Å². The summed E-state index contributed by atoms with van der Waals surface area (Å²) in [5.41, 5.74) is 2.47. The van der Waals surface area contributed by atoms with Crippen LogP contribution in [0.15, 0.2) is 94.5 Å². The number of ether oxygens (including phenoxy) is 3.